The van der Waals surface area contributed by atoms with Crippen LogP contribution in [0.3, 0.4) is 0 Å². The zero-order chi connectivity index (χ0) is 24.2. The third-order valence-corrected chi connectivity index (χ3v) is 5.63. The Bertz CT molecular complexity index is 1390. The van der Waals surface area contributed by atoms with Gasteiger partial charge in [-0.3, -0.25) is 9.59 Å². The predicted molar refractivity (Wildman–Crippen MR) is 127 cm³/mol. The van der Waals surface area contributed by atoms with Gasteiger partial charge in [-0.15, -0.1) is 0 Å². The molecule has 11 heteroatoms. The first-order valence-corrected chi connectivity index (χ1v) is 10.9. The maximum absolute atomic E-state index is 12.8. The van der Waals surface area contributed by atoms with Crippen molar-refractivity contribution in [2.45, 2.75) is 13.5 Å². The van der Waals surface area contributed by atoms with Crippen molar-refractivity contribution < 1.29 is 23.7 Å². The molecule has 0 fully saturated rings. The summed E-state index contributed by atoms with van der Waals surface area (Å²) in [6.45, 7) is 1.90. The molecule has 34 heavy (non-hydrogen) atoms. The summed E-state index contributed by atoms with van der Waals surface area (Å²) >= 11 is 1.33. The number of nitrogens with one attached hydrogen (secondary N) is 1. The van der Waals surface area contributed by atoms with E-state index in [0.29, 0.717) is 44.9 Å². The zero-order valence-corrected chi connectivity index (χ0v) is 19.8. The summed E-state index contributed by atoms with van der Waals surface area (Å²) in [5.41, 5.74) is 1.08. The van der Waals surface area contributed by atoms with Crippen LogP contribution in [-0.4, -0.2) is 41.8 Å². The molecule has 2 aromatic heterocycles. The van der Waals surface area contributed by atoms with Crippen LogP contribution in [0.2, 0.25) is 0 Å². The van der Waals surface area contributed by atoms with Gasteiger partial charge in [-0.05, 0) is 31.2 Å². The topological polar surface area (TPSA) is 113 Å². The second kappa shape index (κ2) is 9.79. The van der Waals surface area contributed by atoms with Gasteiger partial charge in [0.15, 0.2) is 11.5 Å². The molecule has 0 aliphatic carbocycles. The molecule has 0 saturated carbocycles. The highest BCUT2D eigenvalue weighted by Gasteiger charge is 2.17. The predicted octanol–water partition coefficient (Wildman–Crippen LogP) is 3.32. The lowest BCUT2D eigenvalue weighted by Gasteiger charge is -2.14. The number of hydrogen-bond donors (Lipinski definition) is 1. The number of amides is 1. The van der Waals surface area contributed by atoms with E-state index in [1.165, 1.54) is 43.2 Å². The van der Waals surface area contributed by atoms with E-state index in [1.807, 2.05) is 6.92 Å². The number of benzene rings is 2. The Balaban J connectivity index is 1.49. The highest BCUT2D eigenvalue weighted by Crippen LogP contribution is 2.38. The van der Waals surface area contributed by atoms with Gasteiger partial charge in [-0.1, -0.05) is 17.4 Å². The molecule has 0 radical (unpaired) electrons. The summed E-state index contributed by atoms with van der Waals surface area (Å²) in [5, 5.41) is 7.70. The van der Waals surface area contributed by atoms with Crippen molar-refractivity contribution in [3.63, 3.8) is 0 Å². The maximum Gasteiger partial charge on any atom is 0.275 e. The molecule has 0 aliphatic rings. The van der Waals surface area contributed by atoms with E-state index in [0.717, 1.165) is 5.01 Å². The molecule has 0 bridgehead atoms. The Morgan fingerprint density at radius 1 is 1.06 bits per heavy atom. The van der Waals surface area contributed by atoms with E-state index in [1.54, 1.807) is 36.4 Å². The molecule has 0 atom stereocenters. The van der Waals surface area contributed by atoms with E-state index in [4.69, 9.17) is 18.9 Å². The van der Waals surface area contributed by atoms with Gasteiger partial charge >= 0.3 is 0 Å². The van der Waals surface area contributed by atoms with Crippen LogP contribution in [0.25, 0.3) is 4.96 Å². The average Bonchev–Trinajstić information content (AvgIpc) is 3.22. The normalized spacial score (nSPS) is 10.7. The minimum Gasteiger partial charge on any atom is -0.493 e. The highest BCUT2D eigenvalue weighted by atomic mass is 32.1. The molecular weight excluding hydrogens is 460 g/mol. The zero-order valence-electron chi connectivity index (χ0n) is 18.9. The van der Waals surface area contributed by atoms with Crippen molar-refractivity contribution in [1.29, 1.82) is 0 Å². The Morgan fingerprint density at radius 2 is 1.79 bits per heavy atom. The Hall–Kier alpha value is -4.12. The Kier molecular flexibility index (Phi) is 6.64. The van der Waals surface area contributed by atoms with Gasteiger partial charge in [-0.2, -0.15) is 9.61 Å². The lowest BCUT2D eigenvalue weighted by molar-refractivity contribution is 0.102. The lowest BCUT2D eigenvalue weighted by Crippen LogP contribution is -2.16. The SMILES string of the molecule is COc1cc(C(=O)Nc2cccc(OCc3cc(=O)n4nc(C)sc4n3)c2)cc(OC)c1OC. The number of rotatable bonds is 8. The van der Waals surface area contributed by atoms with Crippen LogP contribution < -0.4 is 29.8 Å². The number of anilines is 1. The maximum atomic E-state index is 12.8. The third-order valence-electron chi connectivity index (χ3n) is 4.80. The van der Waals surface area contributed by atoms with Gasteiger partial charge in [0.25, 0.3) is 11.5 Å². The molecule has 2 heterocycles. The smallest absolute Gasteiger partial charge is 0.275 e. The van der Waals surface area contributed by atoms with Crippen LogP contribution in [0.4, 0.5) is 5.69 Å². The van der Waals surface area contributed by atoms with Crippen molar-refractivity contribution in [3.05, 3.63) is 69.1 Å². The van der Waals surface area contributed by atoms with Crippen LogP contribution in [0.1, 0.15) is 21.1 Å². The minimum atomic E-state index is -0.364. The van der Waals surface area contributed by atoms with Gasteiger partial charge in [0.2, 0.25) is 10.7 Å². The number of carbonyl (C=O) groups is 1. The summed E-state index contributed by atoms with van der Waals surface area (Å²) in [7, 11) is 4.46. The number of carbonyl (C=O) groups excluding carboxylic acids is 1. The summed E-state index contributed by atoms with van der Waals surface area (Å²) < 4.78 is 23.0. The second-order valence-corrected chi connectivity index (χ2v) is 8.25. The van der Waals surface area contributed by atoms with Crippen molar-refractivity contribution in [1.82, 2.24) is 14.6 Å². The number of methoxy groups -OCH3 is 3. The number of fused-ring (bicyclic) bond motifs is 1. The summed E-state index contributed by atoms with van der Waals surface area (Å²) in [5.74, 6) is 1.29. The van der Waals surface area contributed by atoms with Crippen LogP contribution in [-0.2, 0) is 6.61 Å². The fourth-order valence-corrected chi connectivity index (χ4v) is 4.03. The quantitative estimate of drug-likeness (QED) is 0.407. The molecule has 4 aromatic rings. The molecule has 1 N–H and O–H groups in total. The first kappa shape index (κ1) is 23.1. The molecule has 10 nitrogen and oxygen atoms in total. The van der Waals surface area contributed by atoms with Crippen molar-refractivity contribution in [2.75, 3.05) is 26.6 Å². The van der Waals surface area contributed by atoms with Crippen LogP contribution >= 0.6 is 11.3 Å². The first-order chi connectivity index (χ1) is 16.4. The standard InChI is InChI=1S/C23H22N4O6S/c1-13-26-27-20(28)11-16(25-23(27)34-13)12-33-17-7-5-6-15(10-17)24-22(29)14-8-18(30-2)21(32-4)19(9-14)31-3/h5-11H,12H2,1-4H3,(H,24,29). The number of hydrogen-bond acceptors (Lipinski definition) is 9. The summed E-state index contributed by atoms with van der Waals surface area (Å²) in [6.07, 6.45) is 0. The van der Waals surface area contributed by atoms with E-state index >= 15 is 0 Å². The second-order valence-electron chi connectivity index (χ2n) is 7.09. The lowest BCUT2D eigenvalue weighted by atomic mass is 10.1. The van der Waals surface area contributed by atoms with Crippen molar-refractivity contribution in [3.8, 4) is 23.0 Å². The van der Waals surface area contributed by atoms with Crippen LogP contribution in [0.15, 0.2) is 47.3 Å². The van der Waals surface area contributed by atoms with Gasteiger partial charge in [0, 0.05) is 23.4 Å². The third kappa shape index (κ3) is 4.79. The molecule has 0 unspecified atom stereocenters. The molecule has 2 aromatic carbocycles. The molecule has 4 rings (SSSR count). The number of ether oxygens (including phenoxy) is 4. The summed E-state index contributed by atoms with van der Waals surface area (Å²) in [4.78, 5) is 30.0. The fourth-order valence-electron chi connectivity index (χ4n) is 3.26. The fraction of sp³-hybridized carbons (Fsp3) is 0.217. The van der Waals surface area contributed by atoms with Gasteiger partial charge < -0.3 is 24.3 Å². The van der Waals surface area contributed by atoms with Crippen molar-refractivity contribution in [2.24, 2.45) is 0 Å². The Morgan fingerprint density at radius 3 is 2.47 bits per heavy atom. The van der Waals surface area contributed by atoms with Gasteiger partial charge in [0.05, 0.1) is 27.0 Å². The van der Waals surface area contributed by atoms with E-state index in [-0.39, 0.29) is 18.1 Å². The van der Waals surface area contributed by atoms with E-state index in [2.05, 4.69) is 15.4 Å². The first-order valence-electron chi connectivity index (χ1n) is 10.1. The number of aryl methyl sites for hydroxylation is 1. The van der Waals surface area contributed by atoms with E-state index in [9.17, 15) is 9.59 Å². The van der Waals surface area contributed by atoms with Crippen LogP contribution in [0, 0.1) is 6.92 Å². The molecule has 1 amide bonds. The largest absolute Gasteiger partial charge is 0.493 e. The van der Waals surface area contributed by atoms with Crippen LogP contribution in [0.5, 0.6) is 23.0 Å². The molecule has 0 saturated heterocycles. The monoisotopic (exact) mass is 482 g/mol. The van der Waals surface area contributed by atoms with Crippen molar-refractivity contribution >= 4 is 27.9 Å². The summed E-state index contributed by atoms with van der Waals surface area (Å²) in [6, 6.07) is 11.4. The molecule has 176 valence electrons. The van der Waals surface area contributed by atoms with Gasteiger partial charge in [0.1, 0.15) is 17.4 Å². The highest BCUT2D eigenvalue weighted by molar-refractivity contribution is 7.16. The van der Waals surface area contributed by atoms with Gasteiger partial charge in [-0.25, -0.2) is 4.98 Å². The molecule has 0 spiro atoms. The number of aromatic nitrogens is 3. The van der Waals surface area contributed by atoms with E-state index < -0.39 is 0 Å². The molecular formula is C23H22N4O6S. The number of nitrogens with zero attached hydrogens (tertiary/aromatic N) is 3. The Labute approximate surface area is 198 Å². The minimum absolute atomic E-state index is 0.0902. The average molecular weight is 483 g/mol. The molecule has 0 aliphatic heterocycles.